The maximum Gasteiger partial charge on any atom is 0.319 e. The van der Waals surface area contributed by atoms with Gasteiger partial charge in [-0.05, 0) is 43.2 Å². The number of carbonyl (C=O) groups excluding carboxylic acids is 1. The van der Waals surface area contributed by atoms with Crippen LogP contribution in [0.2, 0.25) is 0 Å². The SMILES string of the molecule is Cc1ccccc1NC(=O)NCC(CCO)CC(C)C. The number of carbonyl (C=O) groups is 1. The Morgan fingerprint density at radius 1 is 1.30 bits per heavy atom. The Bertz CT molecular complexity index is 419. The largest absolute Gasteiger partial charge is 0.396 e. The minimum Gasteiger partial charge on any atom is -0.396 e. The van der Waals surface area contributed by atoms with E-state index < -0.39 is 0 Å². The van der Waals surface area contributed by atoms with E-state index in [0.717, 1.165) is 24.1 Å². The maximum atomic E-state index is 11.9. The Hall–Kier alpha value is -1.55. The van der Waals surface area contributed by atoms with Gasteiger partial charge in [0.05, 0.1) is 0 Å². The van der Waals surface area contributed by atoms with Gasteiger partial charge < -0.3 is 15.7 Å². The zero-order chi connectivity index (χ0) is 15.0. The molecule has 1 rings (SSSR count). The van der Waals surface area contributed by atoms with Crippen LogP contribution >= 0.6 is 0 Å². The van der Waals surface area contributed by atoms with Crippen LogP contribution < -0.4 is 10.6 Å². The van der Waals surface area contributed by atoms with E-state index in [1.807, 2.05) is 31.2 Å². The number of hydrogen-bond acceptors (Lipinski definition) is 2. The summed E-state index contributed by atoms with van der Waals surface area (Å²) < 4.78 is 0. The van der Waals surface area contributed by atoms with Crippen LogP contribution in [-0.4, -0.2) is 24.3 Å². The monoisotopic (exact) mass is 278 g/mol. The van der Waals surface area contributed by atoms with Crippen molar-refractivity contribution in [1.29, 1.82) is 0 Å². The van der Waals surface area contributed by atoms with Crippen LogP contribution in [0.15, 0.2) is 24.3 Å². The number of aliphatic hydroxyl groups excluding tert-OH is 1. The number of amides is 2. The van der Waals surface area contributed by atoms with E-state index >= 15 is 0 Å². The summed E-state index contributed by atoms with van der Waals surface area (Å²) >= 11 is 0. The van der Waals surface area contributed by atoms with Crippen molar-refractivity contribution >= 4 is 11.7 Å². The van der Waals surface area contributed by atoms with Crippen molar-refractivity contribution in [1.82, 2.24) is 5.32 Å². The molecule has 4 heteroatoms. The topological polar surface area (TPSA) is 61.4 Å². The van der Waals surface area contributed by atoms with Gasteiger partial charge in [0.15, 0.2) is 0 Å². The molecule has 112 valence electrons. The summed E-state index contributed by atoms with van der Waals surface area (Å²) in [6.07, 6.45) is 1.73. The number of nitrogens with one attached hydrogen (secondary N) is 2. The van der Waals surface area contributed by atoms with Gasteiger partial charge in [0, 0.05) is 18.8 Å². The molecule has 20 heavy (non-hydrogen) atoms. The van der Waals surface area contributed by atoms with Crippen molar-refractivity contribution in [2.45, 2.75) is 33.6 Å². The summed E-state index contributed by atoms with van der Waals surface area (Å²) in [5, 5.41) is 14.8. The standard InChI is InChI=1S/C16H26N2O2/c1-12(2)10-14(8-9-19)11-17-16(20)18-15-7-5-4-6-13(15)3/h4-7,12,14,19H,8-11H2,1-3H3,(H2,17,18,20). The van der Waals surface area contributed by atoms with E-state index in [0.29, 0.717) is 18.4 Å². The molecule has 0 heterocycles. The predicted octanol–water partition coefficient (Wildman–Crippen LogP) is 3.16. The second-order valence-corrected chi connectivity index (χ2v) is 5.66. The third-order valence-corrected chi connectivity index (χ3v) is 3.29. The molecule has 2 amide bonds. The van der Waals surface area contributed by atoms with Gasteiger partial charge in [-0.3, -0.25) is 0 Å². The van der Waals surface area contributed by atoms with Crippen molar-refractivity contribution < 1.29 is 9.90 Å². The zero-order valence-corrected chi connectivity index (χ0v) is 12.6. The average Bonchev–Trinajstić information content (AvgIpc) is 2.38. The van der Waals surface area contributed by atoms with Crippen LogP contribution in [0.25, 0.3) is 0 Å². The molecule has 0 aliphatic rings. The first-order valence-electron chi connectivity index (χ1n) is 7.24. The molecule has 1 atom stereocenters. The number of hydrogen-bond donors (Lipinski definition) is 3. The first-order chi connectivity index (χ1) is 9.52. The molecular weight excluding hydrogens is 252 g/mol. The highest BCUT2D eigenvalue weighted by atomic mass is 16.3. The third kappa shape index (κ3) is 6.06. The summed E-state index contributed by atoms with van der Waals surface area (Å²) in [6, 6.07) is 7.50. The smallest absolute Gasteiger partial charge is 0.319 e. The van der Waals surface area contributed by atoms with Crippen LogP contribution in [0.4, 0.5) is 10.5 Å². The molecule has 1 unspecified atom stereocenters. The van der Waals surface area contributed by atoms with Crippen molar-refractivity contribution in [3.63, 3.8) is 0 Å². The van der Waals surface area contributed by atoms with Crippen LogP contribution in [0, 0.1) is 18.8 Å². The normalized spacial score (nSPS) is 12.2. The van der Waals surface area contributed by atoms with Crippen molar-refractivity contribution in [3.05, 3.63) is 29.8 Å². The molecule has 0 radical (unpaired) electrons. The summed E-state index contributed by atoms with van der Waals surface area (Å²) in [7, 11) is 0. The van der Waals surface area contributed by atoms with Gasteiger partial charge in [0.2, 0.25) is 0 Å². The Kier molecular flexibility index (Phi) is 7.09. The van der Waals surface area contributed by atoms with E-state index in [2.05, 4.69) is 24.5 Å². The van der Waals surface area contributed by atoms with Crippen molar-refractivity contribution in [3.8, 4) is 0 Å². The molecule has 3 N–H and O–H groups in total. The van der Waals surface area contributed by atoms with Crippen LogP contribution in [0.1, 0.15) is 32.3 Å². The molecule has 0 spiro atoms. The second-order valence-electron chi connectivity index (χ2n) is 5.66. The molecule has 0 saturated heterocycles. The molecule has 1 aromatic rings. The van der Waals surface area contributed by atoms with Gasteiger partial charge in [-0.15, -0.1) is 0 Å². The molecule has 0 aromatic heterocycles. The van der Waals surface area contributed by atoms with Gasteiger partial charge >= 0.3 is 6.03 Å². The number of para-hydroxylation sites is 1. The minimum absolute atomic E-state index is 0.165. The van der Waals surface area contributed by atoms with Gasteiger partial charge in [0.25, 0.3) is 0 Å². The fourth-order valence-corrected chi connectivity index (χ4v) is 2.27. The average molecular weight is 278 g/mol. The molecular formula is C16H26N2O2. The number of aryl methyl sites for hydroxylation is 1. The predicted molar refractivity (Wildman–Crippen MR) is 82.8 cm³/mol. The highest BCUT2D eigenvalue weighted by molar-refractivity contribution is 5.89. The van der Waals surface area contributed by atoms with Gasteiger partial charge in [0.1, 0.15) is 0 Å². The molecule has 0 fully saturated rings. The summed E-state index contributed by atoms with van der Waals surface area (Å²) in [5.74, 6) is 0.885. The molecule has 0 saturated carbocycles. The van der Waals surface area contributed by atoms with E-state index in [-0.39, 0.29) is 12.6 Å². The van der Waals surface area contributed by atoms with Gasteiger partial charge in [-0.2, -0.15) is 0 Å². The Morgan fingerprint density at radius 2 is 2.00 bits per heavy atom. The van der Waals surface area contributed by atoms with Crippen molar-refractivity contribution in [2.24, 2.45) is 11.8 Å². The lowest BCUT2D eigenvalue weighted by molar-refractivity contribution is 0.231. The van der Waals surface area contributed by atoms with Crippen LogP contribution in [-0.2, 0) is 0 Å². The molecule has 4 nitrogen and oxygen atoms in total. The Labute approximate surface area is 121 Å². The van der Waals surface area contributed by atoms with Crippen molar-refractivity contribution in [2.75, 3.05) is 18.5 Å². The number of benzene rings is 1. The first-order valence-corrected chi connectivity index (χ1v) is 7.24. The van der Waals surface area contributed by atoms with Crippen LogP contribution in [0.5, 0.6) is 0 Å². The number of urea groups is 1. The first kappa shape index (κ1) is 16.5. The number of aliphatic hydroxyl groups is 1. The molecule has 0 bridgehead atoms. The minimum atomic E-state index is -0.189. The fourth-order valence-electron chi connectivity index (χ4n) is 2.27. The Morgan fingerprint density at radius 3 is 2.60 bits per heavy atom. The van der Waals surface area contributed by atoms with E-state index in [1.54, 1.807) is 0 Å². The maximum absolute atomic E-state index is 11.9. The third-order valence-electron chi connectivity index (χ3n) is 3.29. The highest BCUT2D eigenvalue weighted by Crippen LogP contribution is 2.15. The lowest BCUT2D eigenvalue weighted by Gasteiger charge is -2.19. The lowest BCUT2D eigenvalue weighted by atomic mass is 9.94. The summed E-state index contributed by atoms with van der Waals surface area (Å²) in [6.45, 7) is 7.02. The molecule has 0 aliphatic carbocycles. The van der Waals surface area contributed by atoms with Gasteiger partial charge in [-0.1, -0.05) is 32.0 Å². The highest BCUT2D eigenvalue weighted by Gasteiger charge is 2.12. The summed E-state index contributed by atoms with van der Waals surface area (Å²) in [5.41, 5.74) is 1.87. The lowest BCUT2D eigenvalue weighted by Crippen LogP contribution is -2.34. The van der Waals surface area contributed by atoms with E-state index in [1.165, 1.54) is 0 Å². The second kappa shape index (κ2) is 8.59. The molecule has 0 aliphatic heterocycles. The van der Waals surface area contributed by atoms with E-state index in [4.69, 9.17) is 5.11 Å². The fraction of sp³-hybridized carbons (Fsp3) is 0.562. The quantitative estimate of drug-likeness (QED) is 0.717. The Balaban J connectivity index is 2.43. The van der Waals surface area contributed by atoms with Crippen LogP contribution in [0.3, 0.4) is 0 Å². The molecule has 1 aromatic carbocycles. The summed E-state index contributed by atoms with van der Waals surface area (Å²) in [4.78, 5) is 11.9. The number of anilines is 1. The zero-order valence-electron chi connectivity index (χ0n) is 12.6. The number of rotatable bonds is 7. The van der Waals surface area contributed by atoms with Gasteiger partial charge in [-0.25, -0.2) is 4.79 Å². The van der Waals surface area contributed by atoms with E-state index in [9.17, 15) is 4.79 Å².